The molecule has 4 nitrogen and oxygen atoms in total. The van der Waals surface area contributed by atoms with Crippen LogP contribution in [0.3, 0.4) is 0 Å². The van der Waals surface area contributed by atoms with Gasteiger partial charge in [-0.3, -0.25) is 9.59 Å². The summed E-state index contributed by atoms with van der Waals surface area (Å²) in [6.07, 6.45) is 2.32. The number of rotatable bonds is 2. The molecule has 2 aromatic rings. The van der Waals surface area contributed by atoms with E-state index in [0.717, 1.165) is 52.4 Å². The molecule has 1 aromatic heterocycles. The van der Waals surface area contributed by atoms with Crippen molar-refractivity contribution in [1.29, 1.82) is 0 Å². The number of fused-ring (bicyclic) bond motifs is 2. The minimum Gasteiger partial charge on any atom is -0.481 e. The highest BCUT2D eigenvalue weighted by Crippen LogP contribution is 2.41. The van der Waals surface area contributed by atoms with Gasteiger partial charge in [0.05, 0.1) is 11.3 Å². The van der Waals surface area contributed by atoms with Crippen LogP contribution in [0.5, 0.6) is 0 Å². The molecule has 0 radical (unpaired) electrons. The zero-order valence-corrected chi connectivity index (χ0v) is 15.6. The Morgan fingerprint density at radius 1 is 1.19 bits per heavy atom. The molecule has 0 amide bonds. The maximum Gasteiger partial charge on any atom is 0.308 e. The van der Waals surface area contributed by atoms with Crippen molar-refractivity contribution in [2.24, 2.45) is 0 Å². The van der Waals surface area contributed by atoms with Crippen LogP contribution in [0.4, 0.5) is 0 Å². The van der Waals surface area contributed by atoms with Crippen LogP contribution in [0.2, 0.25) is 0 Å². The number of benzene rings is 1. The van der Waals surface area contributed by atoms with E-state index >= 15 is 0 Å². The average molecular weight is 367 g/mol. The molecule has 1 N–H and O–H groups in total. The molecule has 5 heteroatoms. The molecule has 0 bridgehead atoms. The van der Waals surface area contributed by atoms with Crippen molar-refractivity contribution in [2.75, 3.05) is 20.1 Å². The average Bonchev–Trinajstić information content (AvgIpc) is 2.96. The van der Waals surface area contributed by atoms with Crippen LogP contribution in [0, 0.1) is 0 Å². The number of nitrogens with zero attached hydrogens (tertiary/aromatic N) is 1. The largest absolute Gasteiger partial charge is 0.481 e. The summed E-state index contributed by atoms with van der Waals surface area (Å²) >= 11 is 1.35. The molecule has 1 aliphatic heterocycles. The second-order valence-corrected chi connectivity index (χ2v) is 8.20. The first-order valence-corrected chi connectivity index (χ1v) is 9.71. The van der Waals surface area contributed by atoms with Crippen LogP contribution in [0.1, 0.15) is 44.1 Å². The maximum absolute atomic E-state index is 12.9. The third-order valence-corrected chi connectivity index (χ3v) is 6.39. The molecule has 2 heterocycles. The lowest BCUT2D eigenvalue weighted by Gasteiger charge is -2.27. The molecule has 0 atom stereocenters. The molecule has 134 valence electrons. The van der Waals surface area contributed by atoms with E-state index in [1.165, 1.54) is 22.5 Å². The van der Waals surface area contributed by atoms with Gasteiger partial charge in [-0.05, 0) is 42.7 Å². The summed E-state index contributed by atoms with van der Waals surface area (Å²) in [6, 6.07) is 10.1. The Bertz CT molecular complexity index is 915. The van der Waals surface area contributed by atoms with Crippen LogP contribution in [0.25, 0.3) is 5.57 Å². The summed E-state index contributed by atoms with van der Waals surface area (Å²) < 4.78 is 0. The Morgan fingerprint density at radius 3 is 2.65 bits per heavy atom. The molecule has 0 spiro atoms. The lowest BCUT2D eigenvalue weighted by atomic mass is 9.87. The number of thiophene rings is 1. The topological polar surface area (TPSA) is 57.6 Å². The molecular formula is C21H21NO3S. The summed E-state index contributed by atoms with van der Waals surface area (Å²) in [4.78, 5) is 27.8. The zero-order valence-electron chi connectivity index (χ0n) is 14.7. The predicted molar refractivity (Wildman–Crippen MR) is 103 cm³/mol. The summed E-state index contributed by atoms with van der Waals surface area (Å²) in [5, 5.41) is 9.16. The quantitative estimate of drug-likeness (QED) is 0.880. The standard InChI is InChI=1S/C21H21NO3S/c1-22-8-6-13(7-9-22)20-16-5-3-2-4-14(16)10-18(23)21-17(20)11-15(26-21)12-19(24)25/h2-5,11H,6-10,12H2,1H3,(H,24,25). The van der Waals surface area contributed by atoms with Gasteiger partial charge in [-0.2, -0.15) is 0 Å². The summed E-state index contributed by atoms with van der Waals surface area (Å²) in [5.41, 5.74) is 5.70. The zero-order chi connectivity index (χ0) is 18.3. The number of Topliss-reactive ketones (excluding diaryl/α,β-unsaturated/α-hetero) is 1. The van der Waals surface area contributed by atoms with E-state index in [1.54, 1.807) is 0 Å². The number of likely N-dealkylation sites (tertiary alicyclic amines) is 1. The van der Waals surface area contributed by atoms with Crippen molar-refractivity contribution < 1.29 is 14.7 Å². The molecule has 1 aliphatic carbocycles. The van der Waals surface area contributed by atoms with E-state index in [4.69, 9.17) is 5.11 Å². The predicted octanol–water partition coefficient (Wildman–Crippen LogP) is 3.64. The lowest BCUT2D eigenvalue weighted by Crippen LogP contribution is -2.27. The first-order chi connectivity index (χ1) is 12.5. The van der Waals surface area contributed by atoms with Crippen molar-refractivity contribution in [1.82, 2.24) is 4.90 Å². The van der Waals surface area contributed by atoms with Gasteiger partial charge in [0.1, 0.15) is 0 Å². The summed E-state index contributed by atoms with van der Waals surface area (Å²) in [6.45, 7) is 2.02. The van der Waals surface area contributed by atoms with Gasteiger partial charge in [0.15, 0.2) is 5.78 Å². The Hall–Kier alpha value is -2.24. The van der Waals surface area contributed by atoms with E-state index in [9.17, 15) is 9.59 Å². The number of carbonyl (C=O) groups excluding carboxylic acids is 1. The van der Waals surface area contributed by atoms with Gasteiger partial charge in [0, 0.05) is 30.0 Å². The van der Waals surface area contributed by atoms with Gasteiger partial charge >= 0.3 is 5.97 Å². The van der Waals surface area contributed by atoms with Crippen molar-refractivity contribution in [2.45, 2.75) is 25.7 Å². The SMILES string of the molecule is CN1CCC(=C2c3ccccc3CC(=O)c3sc(CC(=O)O)cc32)CC1. The van der Waals surface area contributed by atoms with E-state index < -0.39 is 5.97 Å². The van der Waals surface area contributed by atoms with Crippen molar-refractivity contribution in [3.05, 3.63) is 62.3 Å². The third-order valence-electron chi connectivity index (χ3n) is 5.21. The number of hydrogen-bond donors (Lipinski definition) is 1. The van der Waals surface area contributed by atoms with Gasteiger partial charge in [0.25, 0.3) is 0 Å². The fourth-order valence-corrected chi connectivity index (χ4v) is 5.00. The highest BCUT2D eigenvalue weighted by Gasteiger charge is 2.29. The summed E-state index contributed by atoms with van der Waals surface area (Å²) in [7, 11) is 2.13. The molecule has 26 heavy (non-hydrogen) atoms. The smallest absolute Gasteiger partial charge is 0.308 e. The number of carboxylic acids is 1. The van der Waals surface area contributed by atoms with Crippen molar-refractivity contribution in [3.63, 3.8) is 0 Å². The van der Waals surface area contributed by atoms with Crippen LogP contribution < -0.4 is 0 Å². The maximum atomic E-state index is 12.9. The normalized spacial score (nSPS) is 17.7. The van der Waals surface area contributed by atoms with E-state index in [-0.39, 0.29) is 12.2 Å². The van der Waals surface area contributed by atoms with Crippen LogP contribution >= 0.6 is 11.3 Å². The van der Waals surface area contributed by atoms with Gasteiger partial charge in [-0.15, -0.1) is 11.3 Å². The highest BCUT2D eigenvalue weighted by molar-refractivity contribution is 7.14. The number of carbonyl (C=O) groups is 2. The molecule has 1 fully saturated rings. The monoisotopic (exact) mass is 367 g/mol. The van der Waals surface area contributed by atoms with Crippen LogP contribution in [-0.4, -0.2) is 41.9 Å². The molecule has 4 rings (SSSR count). The number of ketones is 1. The third kappa shape index (κ3) is 3.13. The summed E-state index contributed by atoms with van der Waals surface area (Å²) in [5.74, 6) is -0.764. The molecule has 0 unspecified atom stereocenters. The molecule has 2 aliphatic rings. The second-order valence-electron chi connectivity index (χ2n) is 7.06. The number of hydrogen-bond acceptors (Lipinski definition) is 4. The molecule has 1 aromatic carbocycles. The van der Waals surface area contributed by atoms with Gasteiger partial charge in [-0.25, -0.2) is 0 Å². The van der Waals surface area contributed by atoms with Gasteiger partial charge in [-0.1, -0.05) is 29.8 Å². The first-order valence-electron chi connectivity index (χ1n) is 8.90. The number of aliphatic carboxylic acids is 1. The molecule has 0 saturated carbocycles. The minimum atomic E-state index is -0.859. The Morgan fingerprint density at radius 2 is 1.92 bits per heavy atom. The van der Waals surface area contributed by atoms with Gasteiger partial charge < -0.3 is 10.0 Å². The lowest BCUT2D eigenvalue weighted by molar-refractivity contribution is -0.136. The molecular weight excluding hydrogens is 346 g/mol. The first kappa shape index (κ1) is 17.2. The van der Waals surface area contributed by atoms with Crippen LogP contribution in [0.15, 0.2) is 35.9 Å². The van der Waals surface area contributed by atoms with Crippen molar-refractivity contribution >= 4 is 28.7 Å². The van der Waals surface area contributed by atoms with E-state index in [2.05, 4.69) is 18.0 Å². The second kappa shape index (κ2) is 6.82. The van der Waals surface area contributed by atoms with Crippen LogP contribution in [-0.2, 0) is 17.6 Å². The Kier molecular flexibility index (Phi) is 4.51. The Labute approximate surface area is 156 Å². The van der Waals surface area contributed by atoms with Gasteiger partial charge in [0.2, 0.25) is 0 Å². The minimum absolute atomic E-state index is 0.0298. The van der Waals surface area contributed by atoms with Crippen molar-refractivity contribution in [3.8, 4) is 0 Å². The van der Waals surface area contributed by atoms with E-state index in [1.807, 2.05) is 24.3 Å². The fourth-order valence-electron chi connectivity index (χ4n) is 3.91. The Balaban J connectivity index is 1.92. The highest BCUT2D eigenvalue weighted by atomic mass is 32.1. The molecule has 1 saturated heterocycles. The van der Waals surface area contributed by atoms with E-state index in [0.29, 0.717) is 6.42 Å². The number of carboxylic acid groups (broad SMARTS) is 1. The number of piperidine rings is 1. The fraction of sp³-hybridized carbons (Fsp3) is 0.333.